The first kappa shape index (κ1) is 18.0. The molecule has 2 saturated heterocycles. The Balaban J connectivity index is 1.73. The highest BCUT2D eigenvalue weighted by Crippen LogP contribution is 2.22. The minimum Gasteiger partial charge on any atom is -0.860 e. The number of aromatic nitrogens is 2. The molecule has 12 nitrogen and oxygen atoms in total. The lowest BCUT2D eigenvalue weighted by molar-refractivity contribution is -0.759. The topological polar surface area (TPSA) is 168 Å². The van der Waals surface area contributed by atoms with Crippen LogP contribution in [0.15, 0.2) is 15.7 Å². The van der Waals surface area contributed by atoms with E-state index in [2.05, 4.69) is 10.3 Å². The molecule has 1 aromatic rings. The lowest BCUT2D eigenvalue weighted by atomic mass is 9.95. The molecule has 0 radical (unpaired) electrons. The zero-order valence-electron chi connectivity index (χ0n) is 13.2. The van der Waals surface area contributed by atoms with Crippen LogP contribution in [0.3, 0.4) is 0 Å². The van der Waals surface area contributed by atoms with Gasteiger partial charge in [-0.3, -0.25) is 4.52 Å². The van der Waals surface area contributed by atoms with Gasteiger partial charge in [-0.25, -0.2) is 4.99 Å². The number of aliphatic hydroxyl groups excluding tert-OH is 4. The van der Waals surface area contributed by atoms with Crippen LogP contribution < -0.4 is 14.9 Å². The molecule has 4 N–H and O–H groups in total. The number of rotatable bonds is 4. The normalized spacial score (nSPS) is 34.3. The van der Waals surface area contributed by atoms with E-state index in [0.717, 1.165) is 0 Å². The Morgan fingerprint density at radius 2 is 2.00 bits per heavy atom. The number of hydrogen-bond acceptors (Lipinski definition) is 11. The van der Waals surface area contributed by atoms with E-state index < -0.39 is 43.0 Å². The molecule has 5 atom stereocenters. The maximum atomic E-state index is 12.2. The van der Waals surface area contributed by atoms with Crippen LogP contribution in [0.4, 0.5) is 5.88 Å². The SMILES string of the molecule is [O-]C(=Nc1c[n+](N2CCOCC2)no1)[C@H]1O[C@H](CO)[C@@H](O)[C@H](O)[C@H]1O. The average molecular weight is 360 g/mol. The average Bonchev–Trinajstić information content (AvgIpc) is 3.09. The summed E-state index contributed by atoms with van der Waals surface area (Å²) in [6.45, 7) is 1.63. The number of aliphatic imine (C=N–C) groups is 1. The monoisotopic (exact) mass is 360 g/mol. The minimum absolute atomic E-state index is 0.117. The van der Waals surface area contributed by atoms with Crippen molar-refractivity contribution >= 4 is 11.8 Å². The van der Waals surface area contributed by atoms with Gasteiger partial charge in [-0.1, -0.05) is 0 Å². The van der Waals surface area contributed by atoms with Crippen molar-refractivity contribution in [3.63, 3.8) is 0 Å². The first-order valence-electron chi connectivity index (χ1n) is 7.79. The highest BCUT2D eigenvalue weighted by molar-refractivity contribution is 5.79. The van der Waals surface area contributed by atoms with Crippen LogP contribution in [0.5, 0.6) is 0 Å². The van der Waals surface area contributed by atoms with E-state index in [-0.39, 0.29) is 5.88 Å². The Morgan fingerprint density at radius 1 is 1.28 bits per heavy atom. The summed E-state index contributed by atoms with van der Waals surface area (Å²) in [6.07, 6.45) is -6.23. The molecule has 0 saturated carbocycles. The van der Waals surface area contributed by atoms with Crippen molar-refractivity contribution in [3.05, 3.63) is 6.20 Å². The van der Waals surface area contributed by atoms with Crippen LogP contribution >= 0.6 is 0 Å². The van der Waals surface area contributed by atoms with Gasteiger partial charge in [0.1, 0.15) is 30.5 Å². The summed E-state index contributed by atoms with van der Waals surface area (Å²) in [6, 6.07) is 0. The van der Waals surface area contributed by atoms with Gasteiger partial charge in [0.15, 0.2) is 0 Å². The highest BCUT2D eigenvalue weighted by atomic mass is 16.6. The second-order valence-electron chi connectivity index (χ2n) is 5.73. The molecule has 2 aliphatic rings. The second-order valence-corrected chi connectivity index (χ2v) is 5.73. The zero-order chi connectivity index (χ0) is 18.0. The smallest absolute Gasteiger partial charge is 0.324 e. The van der Waals surface area contributed by atoms with Crippen molar-refractivity contribution in [1.29, 1.82) is 0 Å². The highest BCUT2D eigenvalue weighted by Gasteiger charge is 2.43. The summed E-state index contributed by atoms with van der Waals surface area (Å²) in [4.78, 5) is 5.06. The molecule has 0 amide bonds. The number of morpholine rings is 1. The molecule has 2 aliphatic heterocycles. The molecule has 3 heterocycles. The van der Waals surface area contributed by atoms with Crippen LogP contribution in [0.25, 0.3) is 0 Å². The van der Waals surface area contributed by atoms with Crippen LogP contribution in [0, 0.1) is 0 Å². The van der Waals surface area contributed by atoms with E-state index in [1.54, 1.807) is 0 Å². The summed E-state index contributed by atoms with van der Waals surface area (Å²) in [7, 11) is 0. The van der Waals surface area contributed by atoms with Gasteiger partial charge < -0.3 is 35.0 Å². The lowest BCUT2D eigenvalue weighted by Crippen LogP contribution is -2.62. The Bertz CT molecular complexity index is 603. The standard InChI is InChI=1S/C13H20N4O8/c18-6-7-9(19)10(20)11(21)12(24-7)13(22)14-8-5-17(15-25-8)16-1-3-23-4-2-16/h5,7,9-12,18-21H,1-4,6H2/t7-,9-,10+,11-,12+/m1/s1. The number of ether oxygens (including phenoxy) is 2. The number of hydrogen-bond donors (Lipinski definition) is 4. The molecule has 2 fully saturated rings. The van der Waals surface area contributed by atoms with Gasteiger partial charge in [0, 0.05) is 5.90 Å². The van der Waals surface area contributed by atoms with E-state index in [0.29, 0.717) is 26.3 Å². The molecule has 140 valence electrons. The Labute approximate surface area is 142 Å². The van der Waals surface area contributed by atoms with E-state index >= 15 is 0 Å². The molecular formula is C13H20N4O8. The molecule has 3 rings (SSSR count). The van der Waals surface area contributed by atoms with Crippen molar-refractivity contribution in [2.24, 2.45) is 4.99 Å². The summed E-state index contributed by atoms with van der Waals surface area (Å²) < 4.78 is 15.3. The Kier molecular flexibility index (Phi) is 5.46. The number of nitrogens with zero attached hydrogens (tertiary/aromatic N) is 4. The van der Waals surface area contributed by atoms with Crippen molar-refractivity contribution in [3.8, 4) is 0 Å². The molecule has 1 aromatic heterocycles. The third kappa shape index (κ3) is 3.73. The third-order valence-electron chi connectivity index (χ3n) is 4.08. The van der Waals surface area contributed by atoms with Crippen molar-refractivity contribution in [2.75, 3.05) is 37.9 Å². The number of aliphatic hydroxyl groups is 4. The van der Waals surface area contributed by atoms with Gasteiger partial charge in [-0.05, 0) is 0 Å². The minimum atomic E-state index is -1.69. The first-order chi connectivity index (χ1) is 12.0. The van der Waals surface area contributed by atoms with Crippen LogP contribution in [0.1, 0.15) is 0 Å². The van der Waals surface area contributed by atoms with Gasteiger partial charge in [0.05, 0.1) is 37.7 Å². The molecule has 0 aromatic carbocycles. The summed E-state index contributed by atoms with van der Waals surface area (Å²) in [5.74, 6) is -1.05. The Hall–Kier alpha value is -1.83. The lowest BCUT2D eigenvalue weighted by Gasteiger charge is -2.41. The van der Waals surface area contributed by atoms with Crippen LogP contribution in [-0.2, 0) is 9.47 Å². The van der Waals surface area contributed by atoms with Crippen molar-refractivity contribution < 1.29 is 44.3 Å². The van der Waals surface area contributed by atoms with Crippen LogP contribution in [-0.4, -0.2) is 95.0 Å². The van der Waals surface area contributed by atoms with Gasteiger partial charge >= 0.3 is 5.88 Å². The zero-order valence-corrected chi connectivity index (χ0v) is 13.2. The molecule has 0 unspecified atom stereocenters. The fourth-order valence-electron chi connectivity index (χ4n) is 2.65. The summed E-state index contributed by atoms with van der Waals surface area (Å²) in [5.41, 5.74) is 0. The maximum absolute atomic E-state index is 12.2. The van der Waals surface area contributed by atoms with Crippen molar-refractivity contribution in [2.45, 2.75) is 30.5 Å². The van der Waals surface area contributed by atoms with E-state index in [1.807, 2.05) is 5.01 Å². The second kappa shape index (κ2) is 7.59. The quantitative estimate of drug-likeness (QED) is 0.232. The first-order valence-corrected chi connectivity index (χ1v) is 7.79. The van der Waals surface area contributed by atoms with Gasteiger partial charge in [-0.15, -0.1) is 5.01 Å². The summed E-state index contributed by atoms with van der Waals surface area (Å²) in [5, 5.41) is 56.3. The van der Waals surface area contributed by atoms with E-state index in [1.165, 1.54) is 11.0 Å². The molecule has 12 heteroatoms. The largest absolute Gasteiger partial charge is 0.860 e. The molecule has 0 bridgehead atoms. The van der Waals surface area contributed by atoms with Crippen molar-refractivity contribution in [1.82, 2.24) is 5.27 Å². The summed E-state index contributed by atoms with van der Waals surface area (Å²) >= 11 is 0. The van der Waals surface area contributed by atoms with Gasteiger partial charge in [-0.2, -0.15) is 0 Å². The van der Waals surface area contributed by atoms with Gasteiger partial charge in [0.25, 0.3) is 6.20 Å². The molecular weight excluding hydrogens is 340 g/mol. The van der Waals surface area contributed by atoms with E-state index in [4.69, 9.17) is 19.1 Å². The Morgan fingerprint density at radius 3 is 2.68 bits per heavy atom. The molecule has 0 aliphatic carbocycles. The fourth-order valence-corrected chi connectivity index (χ4v) is 2.65. The maximum Gasteiger partial charge on any atom is 0.324 e. The van der Waals surface area contributed by atoms with Crippen LogP contribution in [0.2, 0.25) is 0 Å². The van der Waals surface area contributed by atoms with Gasteiger partial charge in [0.2, 0.25) is 5.27 Å². The molecule has 25 heavy (non-hydrogen) atoms. The molecule has 0 spiro atoms. The third-order valence-corrected chi connectivity index (χ3v) is 4.08. The van der Waals surface area contributed by atoms with E-state index in [9.17, 15) is 20.4 Å². The predicted octanol–water partition coefficient (Wildman–Crippen LogP) is -4.84. The fraction of sp³-hybridized carbons (Fsp3) is 0.769. The predicted molar refractivity (Wildman–Crippen MR) is 76.3 cm³/mol.